The number of rotatable bonds is 2. The molecule has 3 rings (SSSR count). The van der Waals surface area contributed by atoms with E-state index >= 15 is 0 Å². The molecule has 0 saturated heterocycles. The predicted molar refractivity (Wildman–Crippen MR) is 72.4 cm³/mol. The fourth-order valence-corrected chi connectivity index (χ4v) is 2.24. The van der Waals surface area contributed by atoms with E-state index in [2.05, 4.69) is 20.2 Å². The van der Waals surface area contributed by atoms with E-state index in [1.54, 1.807) is 6.07 Å². The van der Waals surface area contributed by atoms with Crippen molar-refractivity contribution in [3.63, 3.8) is 0 Å². The lowest BCUT2D eigenvalue weighted by Crippen LogP contribution is -1.88. The first-order valence-corrected chi connectivity index (χ1v) is 6.15. The molecule has 0 aliphatic carbocycles. The molecule has 0 amide bonds. The second-order valence-corrected chi connectivity index (χ2v) is 4.56. The van der Waals surface area contributed by atoms with Crippen LogP contribution in [0.4, 0.5) is 10.2 Å². The summed E-state index contributed by atoms with van der Waals surface area (Å²) in [5, 5.41) is 7.45. The van der Waals surface area contributed by atoms with E-state index in [0.29, 0.717) is 39.6 Å². The average molecular weight is 280 g/mol. The van der Waals surface area contributed by atoms with Gasteiger partial charge in [0.25, 0.3) is 0 Å². The normalized spacial score (nSPS) is 11.3. The molecule has 0 aliphatic rings. The fourth-order valence-electron chi connectivity index (χ4n) is 1.98. The molecule has 0 bridgehead atoms. The highest BCUT2D eigenvalue weighted by Gasteiger charge is 2.16. The maximum atomic E-state index is 14.1. The van der Waals surface area contributed by atoms with Crippen LogP contribution in [0, 0.1) is 5.82 Å². The average Bonchev–Trinajstić information content (AvgIpc) is 2.93. The summed E-state index contributed by atoms with van der Waals surface area (Å²) in [4.78, 5) is 7.19. The van der Waals surface area contributed by atoms with Gasteiger partial charge in [-0.1, -0.05) is 18.5 Å². The maximum absolute atomic E-state index is 14.1. The molecule has 2 aromatic heterocycles. The van der Waals surface area contributed by atoms with Gasteiger partial charge in [-0.15, -0.1) is 0 Å². The van der Waals surface area contributed by atoms with E-state index in [0.717, 1.165) is 0 Å². The molecule has 0 atom stereocenters. The van der Waals surface area contributed by atoms with Crippen molar-refractivity contribution in [1.29, 1.82) is 0 Å². The van der Waals surface area contributed by atoms with Gasteiger partial charge >= 0.3 is 0 Å². The zero-order chi connectivity index (χ0) is 13.6. The second-order valence-electron chi connectivity index (χ2n) is 4.19. The SMILES string of the molecule is CCc1nc(-c2cc3[nH]nc(N)c3cc2F)c(Cl)[nH]1. The van der Waals surface area contributed by atoms with Crippen LogP contribution in [0.5, 0.6) is 0 Å². The Morgan fingerprint density at radius 2 is 2.21 bits per heavy atom. The van der Waals surface area contributed by atoms with E-state index in [4.69, 9.17) is 17.3 Å². The van der Waals surface area contributed by atoms with Gasteiger partial charge in [0.05, 0.1) is 5.52 Å². The zero-order valence-corrected chi connectivity index (χ0v) is 10.8. The third-order valence-corrected chi connectivity index (χ3v) is 3.25. The van der Waals surface area contributed by atoms with E-state index in [1.165, 1.54) is 6.07 Å². The summed E-state index contributed by atoms with van der Waals surface area (Å²) in [6.07, 6.45) is 0.695. The Morgan fingerprint density at radius 3 is 2.89 bits per heavy atom. The van der Waals surface area contributed by atoms with Gasteiger partial charge in [0.2, 0.25) is 0 Å². The summed E-state index contributed by atoms with van der Waals surface area (Å²) in [5.41, 5.74) is 6.99. The number of nitrogens with one attached hydrogen (secondary N) is 2. The molecule has 0 radical (unpaired) electrons. The number of nitrogen functional groups attached to an aromatic ring is 1. The Balaban J connectivity index is 2.23. The van der Waals surface area contributed by atoms with Crippen LogP contribution in [0.25, 0.3) is 22.2 Å². The number of aromatic amines is 2. The molecule has 0 spiro atoms. The number of imidazole rings is 1. The number of fused-ring (bicyclic) bond motifs is 1. The minimum atomic E-state index is -0.434. The van der Waals surface area contributed by atoms with Crippen molar-refractivity contribution in [2.24, 2.45) is 0 Å². The lowest BCUT2D eigenvalue weighted by molar-refractivity contribution is 0.632. The highest BCUT2D eigenvalue weighted by Crippen LogP contribution is 2.31. The quantitative estimate of drug-likeness (QED) is 0.674. The first kappa shape index (κ1) is 12.0. The highest BCUT2D eigenvalue weighted by atomic mass is 35.5. The van der Waals surface area contributed by atoms with Crippen LogP contribution in [0.3, 0.4) is 0 Å². The number of hydrogen-bond donors (Lipinski definition) is 3. The van der Waals surface area contributed by atoms with E-state index < -0.39 is 5.82 Å². The van der Waals surface area contributed by atoms with Crippen LogP contribution >= 0.6 is 11.6 Å². The van der Waals surface area contributed by atoms with E-state index in [1.807, 2.05) is 6.92 Å². The molecule has 7 heteroatoms. The van der Waals surface area contributed by atoms with Gasteiger partial charge in [-0.05, 0) is 12.1 Å². The van der Waals surface area contributed by atoms with Crippen LogP contribution in [-0.2, 0) is 6.42 Å². The lowest BCUT2D eigenvalue weighted by Gasteiger charge is -2.01. The second kappa shape index (κ2) is 4.24. The van der Waals surface area contributed by atoms with Gasteiger partial charge < -0.3 is 10.7 Å². The molecule has 4 N–H and O–H groups in total. The van der Waals surface area contributed by atoms with Crippen LogP contribution in [0.1, 0.15) is 12.7 Å². The smallest absolute Gasteiger partial charge is 0.153 e. The van der Waals surface area contributed by atoms with Crippen LogP contribution in [-0.4, -0.2) is 20.2 Å². The molecular weight excluding hydrogens is 269 g/mol. The predicted octanol–water partition coefficient (Wildman–Crippen LogP) is 2.89. The third kappa shape index (κ3) is 1.84. The fraction of sp³-hybridized carbons (Fsp3) is 0.167. The third-order valence-electron chi connectivity index (χ3n) is 2.98. The summed E-state index contributed by atoms with van der Waals surface area (Å²) in [6, 6.07) is 2.94. The number of aryl methyl sites for hydroxylation is 1. The van der Waals surface area contributed by atoms with Crippen LogP contribution in [0.2, 0.25) is 5.15 Å². The molecule has 2 heterocycles. The maximum Gasteiger partial charge on any atom is 0.153 e. The van der Waals surface area contributed by atoms with Crippen LogP contribution < -0.4 is 5.73 Å². The van der Waals surface area contributed by atoms with Crippen molar-refractivity contribution < 1.29 is 4.39 Å². The van der Waals surface area contributed by atoms with Crippen LogP contribution in [0.15, 0.2) is 12.1 Å². The highest BCUT2D eigenvalue weighted by molar-refractivity contribution is 6.32. The first-order valence-electron chi connectivity index (χ1n) is 5.78. The Hall–Kier alpha value is -2.08. The lowest BCUT2D eigenvalue weighted by atomic mass is 10.1. The van der Waals surface area contributed by atoms with Gasteiger partial charge in [0.15, 0.2) is 5.82 Å². The van der Waals surface area contributed by atoms with Crippen molar-refractivity contribution in [2.45, 2.75) is 13.3 Å². The summed E-state index contributed by atoms with van der Waals surface area (Å²) in [6.45, 7) is 1.94. The largest absolute Gasteiger partial charge is 0.382 e. The number of hydrogen-bond acceptors (Lipinski definition) is 3. The van der Waals surface area contributed by atoms with Crippen molar-refractivity contribution in [3.05, 3.63) is 28.9 Å². The Labute approximate surface area is 113 Å². The molecule has 3 aromatic rings. The molecule has 5 nitrogen and oxygen atoms in total. The van der Waals surface area contributed by atoms with E-state index in [-0.39, 0.29) is 5.82 Å². The molecular formula is C12H11ClFN5. The van der Waals surface area contributed by atoms with Crippen molar-refractivity contribution in [3.8, 4) is 11.3 Å². The Kier molecular flexibility index (Phi) is 2.67. The van der Waals surface area contributed by atoms with Crippen molar-refractivity contribution in [1.82, 2.24) is 20.2 Å². The molecule has 0 saturated carbocycles. The van der Waals surface area contributed by atoms with Gasteiger partial charge in [0.1, 0.15) is 22.5 Å². The zero-order valence-electron chi connectivity index (χ0n) is 10.1. The van der Waals surface area contributed by atoms with Gasteiger partial charge in [-0.3, -0.25) is 5.10 Å². The number of nitrogens with two attached hydrogens (primary N) is 1. The number of aromatic nitrogens is 4. The number of anilines is 1. The minimum absolute atomic E-state index is 0.267. The molecule has 0 aliphatic heterocycles. The minimum Gasteiger partial charge on any atom is -0.382 e. The number of H-pyrrole nitrogens is 2. The van der Waals surface area contributed by atoms with Gasteiger partial charge in [-0.25, -0.2) is 9.37 Å². The summed E-state index contributed by atoms with van der Waals surface area (Å²) < 4.78 is 14.1. The Bertz CT molecular complexity index is 761. The number of nitrogens with zero attached hydrogens (tertiary/aromatic N) is 2. The number of benzene rings is 1. The molecule has 0 fully saturated rings. The Morgan fingerprint density at radius 1 is 1.42 bits per heavy atom. The number of halogens is 2. The van der Waals surface area contributed by atoms with E-state index in [9.17, 15) is 4.39 Å². The molecule has 0 unspecified atom stereocenters. The topological polar surface area (TPSA) is 83.4 Å². The summed E-state index contributed by atoms with van der Waals surface area (Å²) in [5.74, 6) is 0.545. The monoisotopic (exact) mass is 279 g/mol. The first-order chi connectivity index (χ1) is 9.10. The molecule has 19 heavy (non-hydrogen) atoms. The van der Waals surface area contributed by atoms with Gasteiger partial charge in [-0.2, -0.15) is 5.10 Å². The van der Waals surface area contributed by atoms with Crippen molar-refractivity contribution >= 4 is 28.3 Å². The summed E-state index contributed by atoms with van der Waals surface area (Å²) in [7, 11) is 0. The standard InChI is InChI=1S/C12H11ClFN5/c1-2-9-16-10(11(13)17-9)5-4-8-6(3-7(5)14)12(15)19-18-8/h3-4H,2H2,1H3,(H,16,17)(H3,15,18,19). The van der Waals surface area contributed by atoms with Gasteiger partial charge in [0, 0.05) is 17.4 Å². The molecule has 98 valence electrons. The van der Waals surface area contributed by atoms with Crippen molar-refractivity contribution in [2.75, 3.05) is 5.73 Å². The summed E-state index contributed by atoms with van der Waals surface area (Å²) >= 11 is 6.05. The molecule has 1 aromatic carbocycles.